The first-order chi connectivity index (χ1) is 14.7. The van der Waals surface area contributed by atoms with Crippen molar-refractivity contribution in [1.29, 1.82) is 0 Å². The lowest BCUT2D eigenvalue weighted by molar-refractivity contribution is 0.137. The van der Waals surface area contributed by atoms with Crippen molar-refractivity contribution in [3.8, 4) is 0 Å². The molecule has 0 unspecified atom stereocenters. The Bertz CT molecular complexity index is 966. The molecule has 9 nitrogen and oxygen atoms in total. The number of fused-ring (bicyclic) bond motifs is 1. The van der Waals surface area contributed by atoms with Gasteiger partial charge in [0.25, 0.3) is 0 Å². The summed E-state index contributed by atoms with van der Waals surface area (Å²) >= 11 is 0. The summed E-state index contributed by atoms with van der Waals surface area (Å²) in [5, 5.41) is 8.27. The van der Waals surface area contributed by atoms with Gasteiger partial charge in [-0.05, 0) is 38.2 Å². The first-order valence-corrected chi connectivity index (χ1v) is 10.8. The van der Waals surface area contributed by atoms with E-state index < -0.39 is 0 Å². The normalized spacial score (nSPS) is 14.6. The Labute approximate surface area is 176 Å². The van der Waals surface area contributed by atoms with Crippen molar-refractivity contribution in [3.05, 3.63) is 24.3 Å². The van der Waals surface area contributed by atoms with Crippen LogP contribution in [0.25, 0.3) is 11.0 Å². The number of rotatable bonds is 8. The Morgan fingerprint density at radius 1 is 1.17 bits per heavy atom. The van der Waals surface area contributed by atoms with Crippen LogP contribution in [0.5, 0.6) is 0 Å². The molecule has 4 rings (SSSR count). The van der Waals surface area contributed by atoms with Gasteiger partial charge >= 0.3 is 0 Å². The van der Waals surface area contributed by atoms with Crippen LogP contribution in [-0.4, -0.2) is 56.0 Å². The van der Waals surface area contributed by atoms with E-state index in [1.54, 1.807) is 6.20 Å². The van der Waals surface area contributed by atoms with Crippen LogP contribution >= 0.6 is 0 Å². The molecule has 0 amide bonds. The van der Waals surface area contributed by atoms with E-state index >= 15 is 0 Å². The summed E-state index contributed by atoms with van der Waals surface area (Å²) < 4.78 is 7.54. The third kappa shape index (κ3) is 4.35. The smallest absolute Gasteiger partial charge is 0.228 e. The van der Waals surface area contributed by atoms with Gasteiger partial charge < -0.3 is 15.0 Å². The zero-order valence-electron chi connectivity index (χ0n) is 18.0. The van der Waals surface area contributed by atoms with Crippen molar-refractivity contribution < 1.29 is 4.74 Å². The molecule has 0 saturated carbocycles. The van der Waals surface area contributed by atoms with Crippen molar-refractivity contribution in [1.82, 2.24) is 29.7 Å². The summed E-state index contributed by atoms with van der Waals surface area (Å²) in [4.78, 5) is 20.5. The average Bonchev–Trinajstić information content (AvgIpc) is 3.14. The highest BCUT2D eigenvalue weighted by atomic mass is 16.5. The molecule has 3 aromatic rings. The highest BCUT2D eigenvalue weighted by Gasteiger charge is 2.23. The van der Waals surface area contributed by atoms with Crippen LogP contribution in [0.1, 0.15) is 51.6 Å². The Balaban J connectivity index is 1.84. The number of anilines is 3. The van der Waals surface area contributed by atoms with Crippen molar-refractivity contribution in [2.75, 3.05) is 36.5 Å². The first kappa shape index (κ1) is 20.5. The fourth-order valence-electron chi connectivity index (χ4n) is 3.75. The second kappa shape index (κ2) is 9.34. The van der Waals surface area contributed by atoms with Gasteiger partial charge in [0.15, 0.2) is 5.82 Å². The molecule has 0 aromatic carbocycles. The molecule has 0 aliphatic carbocycles. The van der Waals surface area contributed by atoms with Gasteiger partial charge in [-0.1, -0.05) is 13.8 Å². The minimum absolute atomic E-state index is 0.247. The van der Waals surface area contributed by atoms with Gasteiger partial charge in [0.1, 0.15) is 23.2 Å². The average molecular weight is 411 g/mol. The molecule has 1 aliphatic heterocycles. The SMILES string of the molecule is CCOCCn1nc(C(C)C)c2nc(N3CCCCC3)nc(Nc3ccncn3)c21. The number of aromatic nitrogens is 6. The van der Waals surface area contributed by atoms with Crippen molar-refractivity contribution in [2.45, 2.75) is 52.5 Å². The maximum Gasteiger partial charge on any atom is 0.228 e. The molecular weight excluding hydrogens is 380 g/mol. The maximum absolute atomic E-state index is 5.58. The molecule has 1 saturated heterocycles. The monoisotopic (exact) mass is 410 g/mol. The minimum atomic E-state index is 0.247. The van der Waals surface area contributed by atoms with Crippen LogP contribution in [0.15, 0.2) is 18.6 Å². The van der Waals surface area contributed by atoms with Gasteiger partial charge in [0.2, 0.25) is 5.95 Å². The fraction of sp³-hybridized carbons (Fsp3) is 0.571. The number of hydrogen-bond donors (Lipinski definition) is 1. The molecule has 0 bridgehead atoms. The van der Waals surface area contributed by atoms with E-state index in [4.69, 9.17) is 19.8 Å². The quantitative estimate of drug-likeness (QED) is 0.564. The molecule has 1 fully saturated rings. The third-order valence-corrected chi connectivity index (χ3v) is 5.27. The number of nitrogens with zero attached hydrogens (tertiary/aromatic N) is 7. The summed E-state index contributed by atoms with van der Waals surface area (Å²) in [5.41, 5.74) is 2.76. The zero-order chi connectivity index (χ0) is 20.9. The third-order valence-electron chi connectivity index (χ3n) is 5.27. The zero-order valence-corrected chi connectivity index (χ0v) is 18.0. The molecule has 9 heteroatoms. The van der Waals surface area contributed by atoms with E-state index in [-0.39, 0.29) is 5.92 Å². The molecule has 160 valence electrons. The van der Waals surface area contributed by atoms with Crippen molar-refractivity contribution >= 4 is 28.6 Å². The summed E-state index contributed by atoms with van der Waals surface area (Å²) in [6.07, 6.45) is 6.84. The van der Waals surface area contributed by atoms with E-state index in [9.17, 15) is 0 Å². The van der Waals surface area contributed by atoms with E-state index in [0.717, 1.165) is 41.6 Å². The molecule has 4 heterocycles. The van der Waals surface area contributed by atoms with E-state index in [1.807, 2.05) is 17.7 Å². The Morgan fingerprint density at radius 2 is 2.00 bits per heavy atom. The van der Waals surface area contributed by atoms with Crippen LogP contribution in [0.2, 0.25) is 0 Å². The van der Waals surface area contributed by atoms with E-state index in [1.165, 1.54) is 25.6 Å². The summed E-state index contributed by atoms with van der Waals surface area (Å²) in [7, 11) is 0. The lowest BCUT2D eigenvalue weighted by Crippen LogP contribution is -2.31. The number of hydrogen-bond acceptors (Lipinski definition) is 8. The second-order valence-corrected chi connectivity index (χ2v) is 7.80. The minimum Gasteiger partial charge on any atom is -0.380 e. The lowest BCUT2D eigenvalue weighted by Gasteiger charge is -2.27. The Kier molecular flexibility index (Phi) is 6.37. The number of ether oxygens (including phenoxy) is 1. The first-order valence-electron chi connectivity index (χ1n) is 10.8. The number of nitrogens with one attached hydrogen (secondary N) is 1. The van der Waals surface area contributed by atoms with Gasteiger partial charge in [-0.2, -0.15) is 10.1 Å². The van der Waals surface area contributed by atoms with Crippen molar-refractivity contribution in [2.24, 2.45) is 0 Å². The number of piperidine rings is 1. The predicted molar refractivity (Wildman–Crippen MR) is 117 cm³/mol. The largest absolute Gasteiger partial charge is 0.380 e. The molecule has 0 atom stereocenters. The van der Waals surface area contributed by atoms with Gasteiger partial charge in [0.05, 0.1) is 18.8 Å². The fourth-order valence-corrected chi connectivity index (χ4v) is 3.75. The highest BCUT2D eigenvalue weighted by Crippen LogP contribution is 2.31. The lowest BCUT2D eigenvalue weighted by atomic mass is 10.1. The molecule has 1 N–H and O–H groups in total. The molecule has 1 aliphatic rings. The van der Waals surface area contributed by atoms with Gasteiger partial charge in [0, 0.05) is 25.9 Å². The van der Waals surface area contributed by atoms with Crippen LogP contribution < -0.4 is 10.2 Å². The van der Waals surface area contributed by atoms with Crippen LogP contribution in [0.4, 0.5) is 17.6 Å². The summed E-state index contributed by atoms with van der Waals surface area (Å²) in [6.45, 7) is 10.2. The van der Waals surface area contributed by atoms with Crippen LogP contribution in [0.3, 0.4) is 0 Å². The van der Waals surface area contributed by atoms with Crippen LogP contribution in [-0.2, 0) is 11.3 Å². The second-order valence-electron chi connectivity index (χ2n) is 7.80. The Hall–Kier alpha value is -2.81. The summed E-state index contributed by atoms with van der Waals surface area (Å²) in [6, 6.07) is 1.83. The van der Waals surface area contributed by atoms with Crippen molar-refractivity contribution in [3.63, 3.8) is 0 Å². The molecular formula is C21H30N8O. The maximum atomic E-state index is 5.58. The molecule has 0 spiro atoms. The van der Waals surface area contributed by atoms with Crippen LogP contribution in [0, 0.1) is 0 Å². The predicted octanol–water partition coefficient (Wildman–Crippen LogP) is 3.51. The molecule has 0 radical (unpaired) electrons. The highest BCUT2D eigenvalue weighted by molar-refractivity contribution is 5.90. The van der Waals surface area contributed by atoms with E-state index in [0.29, 0.717) is 25.6 Å². The van der Waals surface area contributed by atoms with Gasteiger partial charge in [-0.3, -0.25) is 4.68 Å². The molecule has 3 aromatic heterocycles. The van der Waals surface area contributed by atoms with Gasteiger partial charge in [-0.15, -0.1) is 0 Å². The topological polar surface area (TPSA) is 93.9 Å². The van der Waals surface area contributed by atoms with Gasteiger partial charge in [-0.25, -0.2) is 15.0 Å². The molecule has 30 heavy (non-hydrogen) atoms. The standard InChI is InChI=1S/C21H30N8O/c1-4-30-13-12-29-19-18(17(27-29)15(2)3)25-21(28-10-6-5-7-11-28)26-20(19)24-16-8-9-22-14-23-16/h8-9,14-15H,4-7,10-13H2,1-3H3,(H,22,23,24,25,26). The summed E-state index contributed by atoms with van der Waals surface area (Å²) in [5.74, 6) is 2.41. The Morgan fingerprint density at radius 3 is 2.70 bits per heavy atom. The van der Waals surface area contributed by atoms with E-state index in [2.05, 4.69) is 34.0 Å².